The molecule has 1 saturated carbocycles. The van der Waals surface area contributed by atoms with E-state index in [9.17, 15) is 4.79 Å². The van der Waals surface area contributed by atoms with E-state index in [2.05, 4.69) is 32.7 Å². The lowest BCUT2D eigenvalue weighted by atomic mass is 9.91. The lowest BCUT2D eigenvalue weighted by Gasteiger charge is -2.37. The Morgan fingerprint density at radius 2 is 2.13 bits per heavy atom. The van der Waals surface area contributed by atoms with Crippen molar-refractivity contribution in [2.45, 2.75) is 32.2 Å². The van der Waals surface area contributed by atoms with Gasteiger partial charge < -0.3 is 14.3 Å². The van der Waals surface area contributed by atoms with Crippen molar-refractivity contribution < 1.29 is 9.21 Å². The maximum absolute atomic E-state index is 12.8. The van der Waals surface area contributed by atoms with Crippen LogP contribution in [0.25, 0.3) is 11.1 Å². The highest BCUT2D eigenvalue weighted by molar-refractivity contribution is 9.10. The number of halogens is 1. The number of hydrogen-bond acceptors (Lipinski definition) is 3. The molecule has 124 valence electrons. The minimum absolute atomic E-state index is 0.0785. The number of carbonyl (C=O) groups is 1. The number of fused-ring (bicyclic) bond motifs is 1. The first-order valence-corrected chi connectivity index (χ1v) is 9.21. The van der Waals surface area contributed by atoms with E-state index in [4.69, 9.17) is 4.42 Å². The fourth-order valence-corrected chi connectivity index (χ4v) is 4.11. The molecule has 6 heteroatoms. The van der Waals surface area contributed by atoms with Crippen molar-refractivity contribution in [1.82, 2.24) is 14.8 Å². The third kappa shape index (κ3) is 2.94. The van der Waals surface area contributed by atoms with E-state index in [0.29, 0.717) is 16.3 Å². The number of rotatable bonds is 2. The first-order chi connectivity index (χ1) is 11.1. The molecule has 1 unspecified atom stereocenters. The number of amides is 1. The molecular formula is C17H22BrN3O2. The van der Waals surface area contributed by atoms with Crippen LogP contribution >= 0.6 is 15.9 Å². The summed E-state index contributed by atoms with van der Waals surface area (Å²) >= 11 is 3.31. The summed E-state index contributed by atoms with van der Waals surface area (Å²) in [5, 5.41) is 0. The largest absolute Gasteiger partial charge is 0.448 e. The van der Waals surface area contributed by atoms with Gasteiger partial charge in [0.25, 0.3) is 5.91 Å². The number of hydrogen-bond donors (Lipinski definition) is 1. The highest BCUT2D eigenvalue weighted by atomic mass is 79.9. The number of aromatic nitrogens is 1. The summed E-state index contributed by atoms with van der Waals surface area (Å²) < 4.78 is 6.19. The van der Waals surface area contributed by atoms with Crippen molar-refractivity contribution >= 4 is 32.9 Å². The highest BCUT2D eigenvalue weighted by Gasteiger charge is 2.31. The SMILES string of the molecule is CC1CN(C(=O)c2cc3oc(Br)cc3[nH]2)CCN(C2CCC2)C1. The van der Waals surface area contributed by atoms with Gasteiger partial charge in [0.1, 0.15) is 5.69 Å². The Morgan fingerprint density at radius 1 is 1.30 bits per heavy atom. The first-order valence-electron chi connectivity index (χ1n) is 8.41. The van der Waals surface area contributed by atoms with Gasteiger partial charge >= 0.3 is 0 Å². The molecule has 1 saturated heterocycles. The molecule has 5 nitrogen and oxygen atoms in total. The molecule has 1 amide bonds. The molecule has 0 spiro atoms. The minimum atomic E-state index is 0.0785. The average molecular weight is 380 g/mol. The Bertz CT molecular complexity index is 687. The van der Waals surface area contributed by atoms with Crippen LogP contribution in [0, 0.1) is 5.92 Å². The molecule has 2 aromatic rings. The van der Waals surface area contributed by atoms with Crippen molar-refractivity contribution in [3.8, 4) is 0 Å². The maximum Gasteiger partial charge on any atom is 0.270 e. The predicted octanol–water partition coefficient (Wildman–Crippen LogP) is 3.47. The smallest absolute Gasteiger partial charge is 0.270 e. The molecule has 1 aliphatic carbocycles. The Morgan fingerprint density at radius 3 is 2.83 bits per heavy atom. The Balaban J connectivity index is 1.49. The summed E-state index contributed by atoms with van der Waals surface area (Å²) in [7, 11) is 0. The van der Waals surface area contributed by atoms with E-state index in [1.54, 1.807) is 0 Å². The van der Waals surface area contributed by atoms with Crippen LogP contribution in [0.1, 0.15) is 36.7 Å². The van der Waals surface area contributed by atoms with Crippen molar-refractivity contribution in [1.29, 1.82) is 0 Å². The number of nitrogens with zero attached hydrogens (tertiary/aromatic N) is 2. The number of furan rings is 1. The molecule has 0 radical (unpaired) electrons. The second-order valence-corrected chi connectivity index (χ2v) is 7.73. The van der Waals surface area contributed by atoms with Crippen molar-refractivity contribution in [3.05, 3.63) is 22.5 Å². The monoisotopic (exact) mass is 379 g/mol. The lowest BCUT2D eigenvalue weighted by molar-refractivity contribution is 0.0738. The van der Waals surface area contributed by atoms with E-state index >= 15 is 0 Å². The molecular weight excluding hydrogens is 358 g/mol. The van der Waals surface area contributed by atoms with Crippen LogP contribution in [-0.2, 0) is 0 Å². The second-order valence-electron chi connectivity index (χ2n) is 6.95. The lowest BCUT2D eigenvalue weighted by Crippen LogP contribution is -2.43. The van der Waals surface area contributed by atoms with Gasteiger partial charge in [-0.25, -0.2) is 0 Å². The predicted molar refractivity (Wildman–Crippen MR) is 92.5 cm³/mol. The average Bonchev–Trinajstić information content (AvgIpc) is 2.90. The fourth-order valence-electron chi connectivity index (χ4n) is 3.71. The van der Waals surface area contributed by atoms with Crippen molar-refractivity contribution in [2.24, 2.45) is 5.92 Å². The zero-order chi connectivity index (χ0) is 16.0. The van der Waals surface area contributed by atoms with E-state index in [1.807, 2.05) is 17.0 Å². The van der Waals surface area contributed by atoms with E-state index < -0.39 is 0 Å². The molecule has 1 aliphatic heterocycles. The Labute approximate surface area is 144 Å². The van der Waals surface area contributed by atoms with Crippen LogP contribution in [0.5, 0.6) is 0 Å². The van der Waals surface area contributed by atoms with Gasteiger partial charge in [0, 0.05) is 44.4 Å². The van der Waals surface area contributed by atoms with Gasteiger partial charge in [0.2, 0.25) is 0 Å². The van der Waals surface area contributed by atoms with E-state index in [0.717, 1.165) is 43.3 Å². The highest BCUT2D eigenvalue weighted by Crippen LogP contribution is 2.28. The third-order valence-electron chi connectivity index (χ3n) is 5.12. The van der Waals surface area contributed by atoms with Gasteiger partial charge in [-0.3, -0.25) is 9.69 Å². The Kier molecular flexibility index (Phi) is 3.97. The van der Waals surface area contributed by atoms with Gasteiger partial charge in [-0.15, -0.1) is 0 Å². The van der Waals surface area contributed by atoms with Crippen LogP contribution < -0.4 is 0 Å². The van der Waals surface area contributed by atoms with Gasteiger partial charge in [-0.2, -0.15) is 0 Å². The maximum atomic E-state index is 12.8. The van der Waals surface area contributed by atoms with Gasteiger partial charge in [0.15, 0.2) is 10.3 Å². The number of aromatic amines is 1. The second kappa shape index (κ2) is 5.98. The summed E-state index contributed by atoms with van der Waals surface area (Å²) in [5.74, 6) is 0.587. The minimum Gasteiger partial charge on any atom is -0.448 e. The van der Waals surface area contributed by atoms with Crippen LogP contribution in [0.3, 0.4) is 0 Å². The number of carbonyl (C=O) groups excluding carboxylic acids is 1. The molecule has 4 rings (SSSR count). The zero-order valence-electron chi connectivity index (χ0n) is 13.3. The summed E-state index contributed by atoms with van der Waals surface area (Å²) in [6.45, 7) is 5.97. The third-order valence-corrected chi connectivity index (χ3v) is 5.51. The normalized spacial score (nSPS) is 23.9. The van der Waals surface area contributed by atoms with Crippen molar-refractivity contribution in [3.63, 3.8) is 0 Å². The molecule has 0 bridgehead atoms. The molecule has 2 aromatic heterocycles. The zero-order valence-corrected chi connectivity index (χ0v) is 14.9. The van der Waals surface area contributed by atoms with E-state index in [-0.39, 0.29) is 5.91 Å². The standard InChI is InChI=1S/C17H22BrN3O2/c1-11-9-20(12-3-2-4-12)5-6-21(10-11)17(22)14-7-15-13(19-14)8-16(18)23-15/h7-8,11-12,19H,2-6,9-10H2,1H3. The molecule has 1 N–H and O–H groups in total. The van der Waals surface area contributed by atoms with Crippen LogP contribution in [0.4, 0.5) is 0 Å². The van der Waals surface area contributed by atoms with Crippen LogP contribution in [-0.4, -0.2) is 52.9 Å². The molecule has 3 heterocycles. The van der Waals surface area contributed by atoms with Gasteiger partial charge in [-0.05, 0) is 34.7 Å². The van der Waals surface area contributed by atoms with Crippen LogP contribution in [0.15, 0.2) is 21.2 Å². The van der Waals surface area contributed by atoms with E-state index in [1.165, 1.54) is 19.3 Å². The van der Waals surface area contributed by atoms with Crippen molar-refractivity contribution in [2.75, 3.05) is 26.2 Å². The summed E-state index contributed by atoms with van der Waals surface area (Å²) in [4.78, 5) is 20.6. The number of H-pyrrole nitrogens is 1. The molecule has 1 atom stereocenters. The molecule has 2 fully saturated rings. The van der Waals surface area contributed by atoms with Gasteiger partial charge in [0.05, 0.1) is 5.52 Å². The summed E-state index contributed by atoms with van der Waals surface area (Å²) in [6, 6.07) is 4.41. The number of nitrogens with one attached hydrogen (secondary N) is 1. The summed E-state index contributed by atoms with van der Waals surface area (Å²) in [5.41, 5.74) is 2.20. The fraction of sp³-hybridized carbons (Fsp3) is 0.588. The molecule has 23 heavy (non-hydrogen) atoms. The first kappa shape index (κ1) is 15.3. The summed E-state index contributed by atoms with van der Waals surface area (Å²) in [6.07, 6.45) is 4.00. The quantitative estimate of drug-likeness (QED) is 0.868. The van der Waals surface area contributed by atoms with Gasteiger partial charge in [-0.1, -0.05) is 13.3 Å². The molecule has 2 aliphatic rings. The topological polar surface area (TPSA) is 52.5 Å². The van der Waals surface area contributed by atoms with Crippen LogP contribution in [0.2, 0.25) is 0 Å². The molecule has 0 aromatic carbocycles. The Hall–Kier alpha value is -1.27.